The predicted molar refractivity (Wildman–Crippen MR) is 124 cm³/mol. The zero-order chi connectivity index (χ0) is 19.1. The molecule has 5 nitrogen and oxygen atoms in total. The molecule has 1 aliphatic heterocycles. The van der Waals surface area contributed by atoms with Gasteiger partial charge in [0.2, 0.25) is 0 Å². The van der Waals surface area contributed by atoms with Gasteiger partial charge < -0.3 is 15.1 Å². The third-order valence-corrected chi connectivity index (χ3v) is 4.66. The van der Waals surface area contributed by atoms with Gasteiger partial charge in [-0.1, -0.05) is 18.2 Å². The lowest BCUT2D eigenvalue weighted by molar-refractivity contribution is 0.474. The quantitative estimate of drug-likeness (QED) is 0.372. The van der Waals surface area contributed by atoms with Gasteiger partial charge in [-0.25, -0.2) is 14.4 Å². The summed E-state index contributed by atoms with van der Waals surface area (Å²) in [4.78, 5) is 13.6. The number of benzene rings is 1. The summed E-state index contributed by atoms with van der Waals surface area (Å²) in [7, 11) is 1.96. The Morgan fingerprint density at radius 3 is 2.64 bits per heavy atom. The number of aromatic nitrogens is 1. The molecule has 1 fully saturated rings. The second-order valence-corrected chi connectivity index (χ2v) is 6.87. The van der Waals surface area contributed by atoms with Gasteiger partial charge in [0, 0.05) is 39.4 Å². The first-order valence-electron chi connectivity index (χ1n) is 9.59. The summed E-state index contributed by atoms with van der Waals surface area (Å²) in [6.07, 6.45) is 4.40. The summed E-state index contributed by atoms with van der Waals surface area (Å²) >= 11 is 0. The first kappa shape index (κ1) is 22.4. The van der Waals surface area contributed by atoms with Crippen LogP contribution in [0.15, 0.2) is 47.6 Å². The monoisotopic (exact) mass is 497 g/mol. The highest BCUT2D eigenvalue weighted by atomic mass is 127. The van der Waals surface area contributed by atoms with Crippen molar-refractivity contribution in [2.24, 2.45) is 4.99 Å². The third-order valence-electron chi connectivity index (χ3n) is 4.66. The number of guanidine groups is 1. The lowest BCUT2D eigenvalue weighted by Gasteiger charge is -2.22. The molecular formula is C21H29FIN5. The van der Waals surface area contributed by atoms with Crippen molar-refractivity contribution in [1.29, 1.82) is 0 Å². The number of anilines is 1. The molecule has 1 saturated heterocycles. The number of nitrogens with zero attached hydrogens (tertiary/aromatic N) is 4. The van der Waals surface area contributed by atoms with Gasteiger partial charge in [-0.05, 0) is 49.1 Å². The van der Waals surface area contributed by atoms with Crippen LogP contribution in [-0.2, 0) is 13.1 Å². The molecule has 0 spiro atoms. The van der Waals surface area contributed by atoms with Crippen LogP contribution in [0.25, 0.3) is 0 Å². The van der Waals surface area contributed by atoms with Gasteiger partial charge in [0.15, 0.2) is 5.96 Å². The van der Waals surface area contributed by atoms with Crippen molar-refractivity contribution in [3.8, 4) is 0 Å². The lowest BCUT2D eigenvalue weighted by Crippen LogP contribution is -2.38. The first-order valence-corrected chi connectivity index (χ1v) is 9.59. The van der Waals surface area contributed by atoms with E-state index in [2.05, 4.69) is 27.3 Å². The third kappa shape index (κ3) is 6.32. The molecule has 0 amide bonds. The summed E-state index contributed by atoms with van der Waals surface area (Å²) < 4.78 is 13.4. The van der Waals surface area contributed by atoms with Crippen LogP contribution in [0, 0.1) is 5.82 Å². The first-order chi connectivity index (χ1) is 13.2. The van der Waals surface area contributed by atoms with E-state index in [1.807, 2.05) is 31.1 Å². The van der Waals surface area contributed by atoms with Crippen molar-refractivity contribution in [3.05, 3.63) is 59.5 Å². The molecule has 3 rings (SSSR count). The Morgan fingerprint density at radius 2 is 2.00 bits per heavy atom. The van der Waals surface area contributed by atoms with E-state index in [0.717, 1.165) is 42.5 Å². The number of halogens is 2. The van der Waals surface area contributed by atoms with Crippen LogP contribution in [0.2, 0.25) is 0 Å². The largest absolute Gasteiger partial charge is 0.357 e. The van der Waals surface area contributed by atoms with Gasteiger partial charge in [0.1, 0.15) is 11.6 Å². The van der Waals surface area contributed by atoms with E-state index >= 15 is 0 Å². The van der Waals surface area contributed by atoms with Gasteiger partial charge in [-0.3, -0.25) is 0 Å². The Hall–Kier alpha value is -1.90. The molecule has 2 aromatic rings. The highest BCUT2D eigenvalue weighted by molar-refractivity contribution is 14.0. The van der Waals surface area contributed by atoms with Crippen molar-refractivity contribution in [1.82, 2.24) is 15.2 Å². The van der Waals surface area contributed by atoms with Crippen LogP contribution >= 0.6 is 24.0 Å². The Morgan fingerprint density at radius 1 is 1.21 bits per heavy atom. The fraction of sp³-hybridized carbons (Fsp3) is 0.429. The van der Waals surface area contributed by atoms with Crippen LogP contribution in [0.3, 0.4) is 0 Å². The van der Waals surface area contributed by atoms with Gasteiger partial charge >= 0.3 is 0 Å². The molecule has 0 atom stereocenters. The maximum Gasteiger partial charge on any atom is 0.194 e. The van der Waals surface area contributed by atoms with E-state index in [1.54, 1.807) is 12.1 Å². The van der Waals surface area contributed by atoms with E-state index in [0.29, 0.717) is 13.1 Å². The molecule has 2 heterocycles. The molecule has 152 valence electrons. The maximum absolute atomic E-state index is 13.4. The van der Waals surface area contributed by atoms with Gasteiger partial charge in [0.05, 0.1) is 6.54 Å². The van der Waals surface area contributed by atoms with E-state index in [4.69, 9.17) is 4.99 Å². The second-order valence-electron chi connectivity index (χ2n) is 6.87. The summed E-state index contributed by atoms with van der Waals surface area (Å²) in [5.41, 5.74) is 1.99. The number of nitrogens with one attached hydrogen (secondary N) is 1. The Balaban J connectivity index is 0.00000280. The maximum atomic E-state index is 13.4. The van der Waals surface area contributed by atoms with E-state index < -0.39 is 0 Å². The predicted octanol–water partition coefficient (Wildman–Crippen LogP) is 4.04. The molecule has 7 heteroatoms. The summed E-state index contributed by atoms with van der Waals surface area (Å²) in [6.45, 7) is 6.16. The average molecular weight is 497 g/mol. The highest BCUT2D eigenvalue weighted by Crippen LogP contribution is 2.17. The van der Waals surface area contributed by atoms with Crippen molar-refractivity contribution in [3.63, 3.8) is 0 Å². The van der Waals surface area contributed by atoms with E-state index in [1.165, 1.54) is 18.9 Å². The molecular weight excluding hydrogens is 468 g/mol. The number of hydrogen-bond donors (Lipinski definition) is 1. The number of rotatable bonds is 6. The second kappa shape index (κ2) is 11.2. The van der Waals surface area contributed by atoms with Gasteiger partial charge in [0.25, 0.3) is 0 Å². The van der Waals surface area contributed by atoms with Crippen molar-refractivity contribution < 1.29 is 4.39 Å². The Labute approximate surface area is 184 Å². The minimum absolute atomic E-state index is 0. The van der Waals surface area contributed by atoms with Crippen molar-refractivity contribution in [2.45, 2.75) is 32.9 Å². The molecule has 1 N–H and O–H groups in total. The number of aliphatic imine (C=N–C) groups is 1. The van der Waals surface area contributed by atoms with Crippen LogP contribution < -0.4 is 10.2 Å². The van der Waals surface area contributed by atoms with E-state index in [-0.39, 0.29) is 29.8 Å². The zero-order valence-electron chi connectivity index (χ0n) is 16.6. The number of pyridine rings is 1. The Bertz CT molecular complexity index is 760. The molecule has 1 aromatic heterocycles. The fourth-order valence-corrected chi connectivity index (χ4v) is 3.26. The fourth-order valence-electron chi connectivity index (χ4n) is 3.26. The molecule has 1 aliphatic rings. The normalized spacial score (nSPS) is 14.0. The minimum atomic E-state index is -0.216. The molecule has 0 saturated carbocycles. The molecule has 0 radical (unpaired) electrons. The summed E-state index contributed by atoms with van der Waals surface area (Å²) in [5.74, 6) is 1.63. The van der Waals surface area contributed by atoms with Gasteiger partial charge in [-0.2, -0.15) is 0 Å². The lowest BCUT2D eigenvalue weighted by atomic mass is 10.2. The standard InChI is InChI=1S/C21H28FN5.HI/c1-3-23-21(26(2)16-17-7-6-8-19(22)13-17)25-15-18-9-10-20(24-14-18)27-11-4-5-12-27;/h6-10,13-14H,3-5,11-12,15-16H2,1-2H3,(H,23,25);1H. The van der Waals surface area contributed by atoms with Crippen LogP contribution in [-0.4, -0.2) is 42.5 Å². The summed E-state index contributed by atoms with van der Waals surface area (Å²) in [5, 5.41) is 3.30. The molecule has 0 aliphatic carbocycles. The van der Waals surface area contributed by atoms with Crippen LogP contribution in [0.4, 0.5) is 10.2 Å². The highest BCUT2D eigenvalue weighted by Gasteiger charge is 2.13. The Kier molecular flexibility index (Phi) is 8.95. The van der Waals surface area contributed by atoms with Crippen molar-refractivity contribution in [2.75, 3.05) is 31.6 Å². The van der Waals surface area contributed by atoms with Crippen LogP contribution in [0.5, 0.6) is 0 Å². The molecule has 0 bridgehead atoms. The topological polar surface area (TPSA) is 43.8 Å². The smallest absolute Gasteiger partial charge is 0.194 e. The minimum Gasteiger partial charge on any atom is -0.357 e. The van der Waals surface area contributed by atoms with Crippen LogP contribution in [0.1, 0.15) is 30.9 Å². The van der Waals surface area contributed by atoms with E-state index in [9.17, 15) is 4.39 Å². The summed E-state index contributed by atoms with van der Waals surface area (Å²) in [6, 6.07) is 10.9. The SMILES string of the molecule is CCNC(=NCc1ccc(N2CCCC2)nc1)N(C)Cc1cccc(F)c1.I. The zero-order valence-corrected chi connectivity index (χ0v) is 18.9. The molecule has 1 aromatic carbocycles. The number of hydrogen-bond acceptors (Lipinski definition) is 3. The average Bonchev–Trinajstić information content (AvgIpc) is 3.20. The molecule has 0 unspecified atom stereocenters. The molecule has 28 heavy (non-hydrogen) atoms. The van der Waals surface area contributed by atoms with Gasteiger partial charge in [-0.15, -0.1) is 24.0 Å². The van der Waals surface area contributed by atoms with Crippen molar-refractivity contribution >= 4 is 35.8 Å².